The maximum absolute atomic E-state index is 13.3. The van der Waals surface area contributed by atoms with Crippen molar-refractivity contribution >= 4 is 27.4 Å². The fraction of sp³-hybridized carbons (Fsp3) is 0.389. The molecule has 0 amide bonds. The normalized spacial score (nSPS) is 27.3. The van der Waals surface area contributed by atoms with Gasteiger partial charge in [0.2, 0.25) is 15.9 Å². The van der Waals surface area contributed by atoms with Crippen LogP contribution in [-0.4, -0.2) is 45.8 Å². The Labute approximate surface area is 166 Å². The quantitative estimate of drug-likeness (QED) is 0.596. The zero-order valence-corrected chi connectivity index (χ0v) is 16.5. The molecule has 2 aliphatic rings. The number of ketones is 1. The molecule has 0 saturated carbocycles. The summed E-state index contributed by atoms with van der Waals surface area (Å²) < 4.78 is 33.3. The van der Waals surface area contributed by atoms with E-state index in [1.807, 2.05) is 0 Å². The van der Waals surface area contributed by atoms with Gasteiger partial charge in [-0.25, -0.2) is 8.42 Å². The number of carbonyl (C=O) groups is 1. The molecule has 2 saturated heterocycles. The van der Waals surface area contributed by atoms with Crippen LogP contribution >= 0.6 is 11.6 Å². The molecule has 1 aromatic heterocycles. The van der Waals surface area contributed by atoms with Crippen molar-refractivity contribution in [3.8, 4) is 0 Å². The Morgan fingerprint density at radius 2 is 2.00 bits per heavy atom. The Hall–Kier alpha value is -2.23. The van der Waals surface area contributed by atoms with Crippen LogP contribution in [0.25, 0.3) is 0 Å². The molecule has 3 heterocycles. The van der Waals surface area contributed by atoms with E-state index < -0.39 is 22.1 Å². The number of halogens is 1. The van der Waals surface area contributed by atoms with E-state index in [0.29, 0.717) is 23.2 Å². The maximum atomic E-state index is 13.3. The van der Waals surface area contributed by atoms with E-state index >= 15 is 0 Å². The average molecular weight is 424 g/mol. The van der Waals surface area contributed by atoms with Gasteiger partial charge >= 0.3 is 0 Å². The molecule has 8 nitrogen and oxygen atoms in total. The van der Waals surface area contributed by atoms with Gasteiger partial charge in [-0.05, 0) is 44.0 Å². The van der Waals surface area contributed by atoms with Gasteiger partial charge in [-0.15, -0.1) is 0 Å². The number of aliphatic hydroxyl groups is 1. The van der Waals surface area contributed by atoms with Gasteiger partial charge < -0.3 is 9.63 Å². The predicted octanol–water partition coefficient (Wildman–Crippen LogP) is 2.75. The number of benzene rings is 1. The molecule has 2 bridgehead atoms. The van der Waals surface area contributed by atoms with Crippen molar-refractivity contribution in [2.24, 2.45) is 0 Å². The highest BCUT2D eigenvalue weighted by Crippen LogP contribution is 2.44. The lowest BCUT2D eigenvalue weighted by Gasteiger charge is -2.46. The lowest BCUT2D eigenvalue weighted by Crippen LogP contribution is -2.57. The second-order valence-electron chi connectivity index (χ2n) is 7.02. The Morgan fingerprint density at radius 1 is 1.29 bits per heavy atom. The van der Waals surface area contributed by atoms with E-state index in [2.05, 4.69) is 10.1 Å². The zero-order valence-electron chi connectivity index (χ0n) is 14.9. The molecule has 10 heteroatoms. The minimum absolute atomic E-state index is 0.0146. The van der Waals surface area contributed by atoms with Crippen LogP contribution in [-0.2, 0) is 14.8 Å². The van der Waals surface area contributed by atoms with E-state index in [1.54, 1.807) is 6.92 Å². The monoisotopic (exact) mass is 423 g/mol. The number of carbonyl (C=O) groups excluding carboxylic acids is 1. The number of rotatable bonds is 3. The number of aliphatic hydroxyl groups excluding tert-OH is 1. The number of nitrogens with zero attached hydrogens (tertiary/aromatic N) is 3. The molecule has 3 unspecified atom stereocenters. The van der Waals surface area contributed by atoms with Gasteiger partial charge in [-0.3, -0.25) is 4.79 Å². The minimum Gasteiger partial charge on any atom is -0.515 e. The van der Waals surface area contributed by atoms with Gasteiger partial charge in [-0.2, -0.15) is 9.29 Å². The molecular weight excluding hydrogens is 406 g/mol. The van der Waals surface area contributed by atoms with Crippen LogP contribution < -0.4 is 0 Å². The number of aromatic nitrogens is 2. The lowest BCUT2D eigenvalue weighted by molar-refractivity contribution is -0.119. The number of aryl methyl sites for hydroxylation is 1. The molecule has 0 aliphatic carbocycles. The molecule has 2 aromatic rings. The van der Waals surface area contributed by atoms with E-state index in [4.69, 9.17) is 16.1 Å². The van der Waals surface area contributed by atoms with Gasteiger partial charge in [0, 0.05) is 29.0 Å². The smallest absolute Gasteiger partial charge is 0.243 e. The highest BCUT2D eigenvalue weighted by atomic mass is 35.5. The van der Waals surface area contributed by atoms with Crippen molar-refractivity contribution in [1.82, 2.24) is 14.4 Å². The Bertz CT molecular complexity index is 1050. The molecule has 4 rings (SSSR count). The van der Waals surface area contributed by atoms with Crippen LogP contribution in [0, 0.1) is 6.92 Å². The van der Waals surface area contributed by atoms with Gasteiger partial charge in [0.1, 0.15) is 0 Å². The number of fused-ring (bicyclic) bond motifs is 2. The summed E-state index contributed by atoms with van der Waals surface area (Å²) in [6.45, 7) is 1.70. The van der Waals surface area contributed by atoms with Crippen LogP contribution in [0.2, 0.25) is 5.02 Å². The van der Waals surface area contributed by atoms with Crippen LogP contribution in [0.15, 0.2) is 45.5 Å². The molecule has 2 aliphatic heterocycles. The number of hydrogen-bond acceptors (Lipinski definition) is 7. The van der Waals surface area contributed by atoms with Crippen molar-refractivity contribution in [2.45, 2.75) is 49.1 Å². The first-order chi connectivity index (χ1) is 13.3. The van der Waals surface area contributed by atoms with Crippen LogP contribution in [0.1, 0.15) is 36.9 Å². The molecule has 148 valence electrons. The molecule has 3 atom stereocenters. The maximum Gasteiger partial charge on any atom is 0.243 e. The third kappa shape index (κ3) is 3.13. The highest BCUT2D eigenvalue weighted by molar-refractivity contribution is 7.89. The summed E-state index contributed by atoms with van der Waals surface area (Å²) in [5, 5.41) is 13.9. The van der Waals surface area contributed by atoms with E-state index in [9.17, 15) is 18.3 Å². The number of Topliss-reactive ketones (excluding diaryl/α,β-unsaturated/α-hetero) is 1. The Morgan fingerprint density at radius 3 is 2.61 bits per heavy atom. The van der Waals surface area contributed by atoms with Gasteiger partial charge in [0.25, 0.3) is 0 Å². The second-order valence-corrected chi connectivity index (χ2v) is 9.30. The molecule has 0 radical (unpaired) electrons. The van der Waals surface area contributed by atoms with Crippen LogP contribution in [0.4, 0.5) is 0 Å². The largest absolute Gasteiger partial charge is 0.515 e. The van der Waals surface area contributed by atoms with E-state index in [0.717, 1.165) is 6.26 Å². The third-order valence-electron chi connectivity index (χ3n) is 5.25. The standard InChI is InChI=1S/C18H18ClN3O5S/c1-10-20-18(27-21-10)11-6-13-8-17(24)15(9-23)16(7-11)22(13)28(25,26)14-4-2-12(19)3-5-14/h2-5,9,11,13,16,23H,6-8H2,1H3. The summed E-state index contributed by atoms with van der Waals surface area (Å²) in [5.74, 6) is 0.462. The summed E-state index contributed by atoms with van der Waals surface area (Å²) in [7, 11) is -3.90. The fourth-order valence-corrected chi connectivity index (χ4v) is 5.98. The number of piperidine rings is 2. The van der Waals surface area contributed by atoms with Gasteiger partial charge in [0.15, 0.2) is 11.6 Å². The molecule has 1 aromatic carbocycles. The zero-order chi connectivity index (χ0) is 20.1. The van der Waals surface area contributed by atoms with Gasteiger partial charge in [-0.1, -0.05) is 16.8 Å². The van der Waals surface area contributed by atoms with Crippen molar-refractivity contribution < 1.29 is 22.8 Å². The first-order valence-corrected chi connectivity index (χ1v) is 10.6. The predicted molar refractivity (Wildman–Crippen MR) is 99.4 cm³/mol. The van der Waals surface area contributed by atoms with Crippen LogP contribution in [0.5, 0.6) is 0 Å². The summed E-state index contributed by atoms with van der Waals surface area (Å²) in [4.78, 5) is 16.8. The summed E-state index contributed by atoms with van der Waals surface area (Å²) in [6, 6.07) is 4.52. The fourth-order valence-electron chi connectivity index (χ4n) is 4.04. The van der Waals surface area contributed by atoms with Crippen molar-refractivity contribution in [1.29, 1.82) is 0 Å². The van der Waals surface area contributed by atoms with Crippen molar-refractivity contribution in [3.63, 3.8) is 0 Å². The molecule has 0 spiro atoms. The first-order valence-electron chi connectivity index (χ1n) is 8.78. The summed E-state index contributed by atoms with van der Waals surface area (Å²) >= 11 is 5.88. The third-order valence-corrected chi connectivity index (χ3v) is 7.48. The SMILES string of the molecule is Cc1noc(C2CC3CC(=O)C(=CO)C(C2)N3S(=O)(=O)c2ccc(Cl)cc2)n1. The number of sulfonamides is 1. The molecular formula is C18H18ClN3O5S. The molecule has 2 fully saturated rings. The van der Waals surface area contributed by atoms with E-state index in [1.165, 1.54) is 28.6 Å². The Kier molecular flexibility index (Phi) is 4.76. The Balaban J connectivity index is 1.75. The molecule has 28 heavy (non-hydrogen) atoms. The van der Waals surface area contributed by atoms with E-state index in [-0.39, 0.29) is 35.0 Å². The minimum atomic E-state index is -3.90. The first kappa shape index (κ1) is 19.1. The highest BCUT2D eigenvalue weighted by Gasteiger charge is 2.51. The van der Waals surface area contributed by atoms with Crippen molar-refractivity contribution in [2.75, 3.05) is 0 Å². The summed E-state index contributed by atoms with van der Waals surface area (Å²) in [6.07, 6.45) is 1.35. The summed E-state index contributed by atoms with van der Waals surface area (Å²) in [5.41, 5.74) is 0.0784. The average Bonchev–Trinajstić information content (AvgIpc) is 3.08. The molecule has 1 N–H and O–H groups in total. The second kappa shape index (κ2) is 6.98. The van der Waals surface area contributed by atoms with Crippen molar-refractivity contribution in [3.05, 3.63) is 52.8 Å². The van der Waals surface area contributed by atoms with Gasteiger partial charge in [0.05, 0.1) is 17.2 Å². The lowest BCUT2D eigenvalue weighted by atomic mass is 9.77. The number of hydrogen-bond donors (Lipinski definition) is 1. The topological polar surface area (TPSA) is 114 Å². The van der Waals surface area contributed by atoms with Crippen LogP contribution in [0.3, 0.4) is 0 Å².